The number of hydrogen-bond donors (Lipinski definition) is 1. The van der Waals surface area contributed by atoms with Gasteiger partial charge in [0.25, 0.3) is 5.56 Å². The number of nitrogens with one attached hydrogen (secondary N) is 1. The number of ether oxygens (including phenoxy) is 2. The molecule has 0 aliphatic heterocycles. The largest absolute Gasteiger partial charge is 0.493 e. The molecule has 0 saturated heterocycles. The van der Waals surface area contributed by atoms with Gasteiger partial charge in [-0.2, -0.15) is 10.1 Å². The van der Waals surface area contributed by atoms with Crippen molar-refractivity contribution in [2.24, 2.45) is 0 Å². The Morgan fingerprint density at radius 1 is 1.06 bits per heavy atom. The fourth-order valence-corrected chi connectivity index (χ4v) is 3.31. The lowest BCUT2D eigenvalue weighted by atomic mass is 10.1. The summed E-state index contributed by atoms with van der Waals surface area (Å²) in [5.74, 6) is 0.199. The molecule has 4 rings (SSSR count). The van der Waals surface area contributed by atoms with Crippen LogP contribution in [0.2, 0.25) is 0 Å². The Bertz CT molecular complexity index is 1380. The van der Waals surface area contributed by atoms with Crippen LogP contribution in [0.15, 0.2) is 63.9 Å². The second kappa shape index (κ2) is 10.6. The maximum atomic E-state index is 13.2. The van der Waals surface area contributed by atoms with Gasteiger partial charge in [-0.1, -0.05) is 11.2 Å². The molecule has 0 aliphatic carbocycles. The molecular weight excluding hydrogens is 457 g/mol. The molecule has 0 bridgehead atoms. The van der Waals surface area contributed by atoms with E-state index < -0.39 is 5.91 Å². The quantitative estimate of drug-likeness (QED) is 0.389. The van der Waals surface area contributed by atoms with Gasteiger partial charge in [-0.25, -0.2) is 9.07 Å². The first kappa shape index (κ1) is 23.6. The van der Waals surface area contributed by atoms with E-state index >= 15 is 0 Å². The molecule has 0 atom stereocenters. The lowest BCUT2D eigenvalue weighted by Gasteiger charge is -2.09. The fourth-order valence-electron chi connectivity index (χ4n) is 3.31. The smallest absolute Gasteiger partial charge is 0.316 e. The third-order valence-corrected chi connectivity index (χ3v) is 5.11. The average Bonchev–Trinajstić information content (AvgIpc) is 3.34. The highest BCUT2D eigenvalue weighted by molar-refractivity contribution is 5.89. The van der Waals surface area contributed by atoms with Crippen LogP contribution in [0.1, 0.15) is 22.1 Å². The molecular formula is C24H22FN5O5. The standard InChI is InChI=1S/C24H22FN5O5/c1-33-19-9-3-15(13-20(19)34-2)11-12-26-23(32)24-27-21(29-35-24)14-30-22(31)10-8-18(28-30)16-4-6-17(25)7-5-16/h3-10,13H,11-12,14H2,1-2H3,(H,26,32). The van der Waals surface area contributed by atoms with Crippen LogP contribution in [0.5, 0.6) is 11.5 Å². The second-order valence-electron chi connectivity index (χ2n) is 7.43. The van der Waals surface area contributed by atoms with Crippen molar-refractivity contribution < 1.29 is 23.2 Å². The Hall–Kier alpha value is -4.54. The zero-order chi connectivity index (χ0) is 24.8. The molecule has 0 unspecified atom stereocenters. The highest BCUT2D eigenvalue weighted by atomic mass is 19.1. The number of methoxy groups -OCH3 is 2. The van der Waals surface area contributed by atoms with Crippen LogP contribution in [-0.4, -0.2) is 46.6 Å². The van der Waals surface area contributed by atoms with Gasteiger partial charge in [-0.05, 0) is 54.4 Å². The minimum atomic E-state index is -0.537. The number of aromatic nitrogens is 4. The Kier molecular flexibility index (Phi) is 7.15. The van der Waals surface area contributed by atoms with Crippen molar-refractivity contribution in [3.8, 4) is 22.8 Å². The zero-order valence-electron chi connectivity index (χ0n) is 19.0. The molecule has 0 radical (unpaired) electrons. The summed E-state index contributed by atoms with van der Waals surface area (Å²) in [6.07, 6.45) is 0.544. The molecule has 0 aliphatic rings. The van der Waals surface area contributed by atoms with Crippen LogP contribution in [-0.2, 0) is 13.0 Å². The SMILES string of the molecule is COc1ccc(CCNC(=O)c2nc(Cn3nc(-c4ccc(F)cc4)ccc3=O)no2)cc1OC. The molecule has 35 heavy (non-hydrogen) atoms. The number of carbonyl (C=O) groups excluding carboxylic acids is 1. The van der Waals surface area contributed by atoms with E-state index in [0.717, 1.165) is 10.2 Å². The van der Waals surface area contributed by atoms with Gasteiger partial charge in [0.1, 0.15) is 12.4 Å². The number of rotatable bonds is 9. The van der Waals surface area contributed by atoms with Crippen molar-refractivity contribution in [3.05, 3.63) is 88.0 Å². The molecule has 2 aromatic carbocycles. The first-order valence-corrected chi connectivity index (χ1v) is 10.6. The van der Waals surface area contributed by atoms with Crippen LogP contribution in [0, 0.1) is 5.82 Å². The molecule has 0 saturated carbocycles. The van der Waals surface area contributed by atoms with Gasteiger partial charge in [0.05, 0.1) is 19.9 Å². The van der Waals surface area contributed by atoms with Crippen molar-refractivity contribution in [3.63, 3.8) is 0 Å². The van der Waals surface area contributed by atoms with E-state index in [0.29, 0.717) is 35.7 Å². The molecule has 2 aromatic heterocycles. The first-order valence-electron chi connectivity index (χ1n) is 10.6. The lowest BCUT2D eigenvalue weighted by molar-refractivity contribution is 0.0910. The summed E-state index contributed by atoms with van der Waals surface area (Å²) in [4.78, 5) is 28.7. The summed E-state index contributed by atoms with van der Waals surface area (Å²) in [6.45, 7) is 0.225. The number of halogens is 1. The number of carbonyl (C=O) groups is 1. The van der Waals surface area contributed by atoms with Gasteiger partial charge in [0.15, 0.2) is 17.3 Å². The second-order valence-corrected chi connectivity index (χ2v) is 7.43. The van der Waals surface area contributed by atoms with Crippen LogP contribution < -0.4 is 20.3 Å². The molecule has 0 fully saturated rings. The molecule has 4 aromatic rings. The lowest BCUT2D eigenvalue weighted by Crippen LogP contribution is -2.26. The van der Waals surface area contributed by atoms with Crippen molar-refractivity contribution in [2.45, 2.75) is 13.0 Å². The molecule has 180 valence electrons. The van der Waals surface area contributed by atoms with Crippen molar-refractivity contribution in [2.75, 3.05) is 20.8 Å². The Balaban J connectivity index is 1.38. The Morgan fingerprint density at radius 3 is 2.57 bits per heavy atom. The Labute approximate surface area is 199 Å². The van der Waals surface area contributed by atoms with Crippen LogP contribution in [0.4, 0.5) is 4.39 Å². The number of amides is 1. The average molecular weight is 479 g/mol. The molecule has 0 spiro atoms. The summed E-state index contributed by atoms with van der Waals surface area (Å²) in [5, 5.41) is 10.8. The molecule has 1 N–H and O–H groups in total. The minimum Gasteiger partial charge on any atom is -0.493 e. The maximum absolute atomic E-state index is 13.2. The third kappa shape index (κ3) is 5.69. The third-order valence-electron chi connectivity index (χ3n) is 5.11. The van der Waals surface area contributed by atoms with E-state index in [4.69, 9.17) is 14.0 Å². The number of hydrogen-bond acceptors (Lipinski definition) is 8. The molecule has 2 heterocycles. The normalized spacial score (nSPS) is 10.7. The van der Waals surface area contributed by atoms with E-state index in [2.05, 4.69) is 20.6 Å². The minimum absolute atomic E-state index is 0.101. The first-order chi connectivity index (χ1) is 17.0. The van der Waals surface area contributed by atoms with Gasteiger partial charge >= 0.3 is 11.8 Å². The topological polar surface area (TPSA) is 121 Å². The van der Waals surface area contributed by atoms with Crippen LogP contribution >= 0.6 is 0 Å². The van der Waals surface area contributed by atoms with Crippen molar-refractivity contribution in [1.82, 2.24) is 25.2 Å². The van der Waals surface area contributed by atoms with E-state index in [1.165, 1.54) is 18.2 Å². The number of benzene rings is 2. The molecule has 10 nitrogen and oxygen atoms in total. The van der Waals surface area contributed by atoms with Crippen molar-refractivity contribution in [1.29, 1.82) is 0 Å². The van der Waals surface area contributed by atoms with E-state index in [-0.39, 0.29) is 29.6 Å². The van der Waals surface area contributed by atoms with E-state index in [1.54, 1.807) is 38.5 Å². The fraction of sp³-hybridized carbons (Fsp3) is 0.208. The summed E-state index contributed by atoms with van der Waals surface area (Å²) in [7, 11) is 3.12. The van der Waals surface area contributed by atoms with Crippen LogP contribution in [0.25, 0.3) is 11.3 Å². The predicted octanol–water partition coefficient (Wildman–Crippen LogP) is 2.47. The maximum Gasteiger partial charge on any atom is 0.316 e. The molecule has 1 amide bonds. The Morgan fingerprint density at radius 2 is 1.83 bits per heavy atom. The zero-order valence-corrected chi connectivity index (χ0v) is 19.0. The monoisotopic (exact) mass is 479 g/mol. The van der Waals surface area contributed by atoms with Gasteiger partial charge < -0.3 is 19.3 Å². The van der Waals surface area contributed by atoms with Crippen LogP contribution in [0.3, 0.4) is 0 Å². The number of nitrogens with zero attached hydrogens (tertiary/aromatic N) is 4. The van der Waals surface area contributed by atoms with Gasteiger partial charge in [-0.15, -0.1) is 0 Å². The highest BCUT2D eigenvalue weighted by Gasteiger charge is 2.16. The molecule has 11 heteroatoms. The van der Waals surface area contributed by atoms with Gasteiger partial charge in [0.2, 0.25) is 0 Å². The highest BCUT2D eigenvalue weighted by Crippen LogP contribution is 2.27. The van der Waals surface area contributed by atoms with E-state index in [9.17, 15) is 14.0 Å². The van der Waals surface area contributed by atoms with Crippen molar-refractivity contribution >= 4 is 5.91 Å². The van der Waals surface area contributed by atoms with Gasteiger partial charge in [-0.3, -0.25) is 9.59 Å². The summed E-state index contributed by atoms with van der Waals surface area (Å²) in [5.41, 5.74) is 1.67. The summed E-state index contributed by atoms with van der Waals surface area (Å²) >= 11 is 0. The van der Waals surface area contributed by atoms with Gasteiger partial charge in [0, 0.05) is 18.2 Å². The predicted molar refractivity (Wildman–Crippen MR) is 123 cm³/mol. The van der Waals surface area contributed by atoms with E-state index in [1.807, 2.05) is 12.1 Å². The summed E-state index contributed by atoms with van der Waals surface area (Å²) < 4.78 is 29.9. The summed E-state index contributed by atoms with van der Waals surface area (Å²) in [6, 6.07) is 14.1.